The fourth-order valence-corrected chi connectivity index (χ4v) is 3.69. The molecule has 0 radical (unpaired) electrons. The molecule has 3 aromatic rings. The molecule has 30 heavy (non-hydrogen) atoms. The molecule has 2 amide bonds. The average Bonchev–Trinajstić information content (AvgIpc) is 2.76. The van der Waals surface area contributed by atoms with Crippen LogP contribution in [0.5, 0.6) is 0 Å². The molecule has 6 heteroatoms. The molecule has 0 saturated carbocycles. The Labute approximate surface area is 174 Å². The first-order valence-electron chi connectivity index (χ1n) is 9.67. The predicted octanol–water partition coefficient (Wildman–Crippen LogP) is 4.01. The van der Waals surface area contributed by atoms with Crippen LogP contribution >= 0.6 is 0 Å². The number of amides is 2. The summed E-state index contributed by atoms with van der Waals surface area (Å²) in [5.41, 5.74) is 2.39. The summed E-state index contributed by atoms with van der Waals surface area (Å²) in [5, 5.41) is 0. The number of hydrogen-bond donors (Lipinski definition) is 0. The number of piperazine rings is 1. The monoisotopic (exact) mass is 403 g/mol. The second kappa shape index (κ2) is 7.99. The van der Waals surface area contributed by atoms with Gasteiger partial charge in [0.25, 0.3) is 5.91 Å². The van der Waals surface area contributed by atoms with Gasteiger partial charge in [0, 0.05) is 25.5 Å². The van der Waals surface area contributed by atoms with Crippen LogP contribution in [0.2, 0.25) is 0 Å². The van der Waals surface area contributed by atoms with Crippen LogP contribution in [0.3, 0.4) is 0 Å². The number of benzene rings is 3. The summed E-state index contributed by atoms with van der Waals surface area (Å²) in [5.74, 6) is -1.15. The summed E-state index contributed by atoms with van der Waals surface area (Å²) in [7, 11) is 3.86. The molecule has 0 spiro atoms. The lowest BCUT2D eigenvalue weighted by Crippen LogP contribution is -2.56. The molecule has 0 bridgehead atoms. The summed E-state index contributed by atoms with van der Waals surface area (Å²) >= 11 is 0. The molecule has 0 aliphatic carbocycles. The Morgan fingerprint density at radius 3 is 2.13 bits per heavy atom. The van der Waals surface area contributed by atoms with Crippen molar-refractivity contribution in [1.82, 2.24) is 0 Å². The van der Waals surface area contributed by atoms with Gasteiger partial charge in [-0.3, -0.25) is 19.4 Å². The Balaban J connectivity index is 1.81. The van der Waals surface area contributed by atoms with Crippen LogP contribution in [0.25, 0.3) is 0 Å². The zero-order valence-corrected chi connectivity index (χ0v) is 16.8. The maximum atomic E-state index is 14.4. The van der Waals surface area contributed by atoms with Crippen molar-refractivity contribution in [2.24, 2.45) is 0 Å². The van der Waals surface area contributed by atoms with E-state index >= 15 is 0 Å². The number of rotatable bonds is 4. The molecule has 4 rings (SSSR count). The highest BCUT2D eigenvalue weighted by atomic mass is 19.1. The van der Waals surface area contributed by atoms with Gasteiger partial charge in [-0.05, 0) is 42.0 Å². The van der Waals surface area contributed by atoms with Crippen molar-refractivity contribution in [2.75, 3.05) is 35.3 Å². The minimum atomic E-state index is -0.885. The molecule has 1 heterocycles. The van der Waals surface area contributed by atoms with Crippen LogP contribution in [0, 0.1) is 5.82 Å². The quantitative estimate of drug-likeness (QED) is 0.661. The predicted molar refractivity (Wildman–Crippen MR) is 116 cm³/mol. The van der Waals surface area contributed by atoms with Crippen molar-refractivity contribution in [3.63, 3.8) is 0 Å². The minimum absolute atomic E-state index is 0.110. The highest BCUT2D eigenvalue weighted by Crippen LogP contribution is 2.35. The van der Waals surface area contributed by atoms with Gasteiger partial charge in [0.2, 0.25) is 5.91 Å². The first-order valence-corrected chi connectivity index (χ1v) is 9.67. The van der Waals surface area contributed by atoms with E-state index in [1.54, 1.807) is 24.3 Å². The summed E-state index contributed by atoms with van der Waals surface area (Å²) < 4.78 is 14.4. The van der Waals surface area contributed by atoms with E-state index in [1.165, 1.54) is 21.9 Å². The zero-order valence-electron chi connectivity index (χ0n) is 16.8. The van der Waals surface area contributed by atoms with E-state index in [0.29, 0.717) is 11.3 Å². The Hall–Kier alpha value is -3.67. The molecule has 1 atom stereocenters. The molecule has 5 nitrogen and oxygen atoms in total. The number of carbonyl (C=O) groups excluding carboxylic acids is 2. The number of carbonyl (C=O) groups is 2. The number of hydrogen-bond acceptors (Lipinski definition) is 3. The third-order valence-corrected chi connectivity index (χ3v) is 5.22. The molecule has 152 valence electrons. The van der Waals surface area contributed by atoms with Gasteiger partial charge < -0.3 is 4.90 Å². The second-order valence-electron chi connectivity index (χ2n) is 7.36. The fourth-order valence-electron chi connectivity index (χ4n) is 3.69. The van der Waals surface area contributed by atoms with E-state index in [-0.39, 0.29) is 24.0 Å². The first-order chi connectivity index (χ1) is 14.5. The number of nitrogens with zero attached hydrogens (tertiary/aromatic N) is 3. The summed E-state index contributed by atoms with van der Waals surface area (Å²) in [4.78, 5) is 31.5. The molecule has 0 N–H and O–H groups in total. The van der Waals surface area contributed by atoms with Gasteiger partial charge in [-0.25, -0.2) is 4.39 Å². The van der Waals surface area contributed by atoms with Gasteiger partial charge in [0.15, 0.2) is 0 Å². The Kier molecular flexibility index (Phi) is 5.23. The molecule has 1 fully saturated rings. The van der Waals surface area contributed by atoms with E-state index in [9.17, 15) is 14.0 Å². The van der Waals surface area contributed by atoms with Crippen LogP contribution < -0.4 is 14.7 Å². The van der Waals surface area contributed by atoms with Crippen molar-refractivity contribution < 1.29 is 14.0 Å². The number of anilines is 3. The number of halogens is 1. The van der Waals surface area contributed by atoms with E-state index in [1.807, 2.05) is 61.5 Å². The highest BCUT2D eigenvalue weighted by molar-refractivity contribution is 6.14. The first kappa shape index (κ1) is 19.6. The maximum absolute atomic E-state index is 14.4. The highest BCUT2D eigenvalue weighted by Gasteiger charge is 2.42. The van der Waals surface area contributed by atoms with E-state index in [0.717, 1.165) is 5.69 Å². The normalized spacial score (nSPS) is 16.7. The van der Waals surface area contributed by atoms with Crippen molar-refractivity contribution in [1.29, 1.82) is 0 Å². The third-order valence-electron chi connectivity index (χ3n) is 5.22. The Bertz CT molecular complexity index is 1070. The lowest BCUT2D eigenvalue weighted by molar-refractivity contribution is -0.128. The topological polar surface area (TPSA) is 43.9 Å². The molecule has 3 aromatic carbocycles. The lowest BCUT2D eigenvalue weighted by atomic mass is 9.99. The molecule has 0 aromatic heterocycles. The van der Waals surface area contributed by atoms with Gasteiger partial charge in [0.1, 0.15) is 18.4 Å². The largest absolute Gasteiger partial charge is 0.378 e. The van der Waals surface area contributed by atoms with E-state index in [2.05, 4.69) is 0 Å². The minimum Gasteiger partial charge on any atom is -0.378 e. The zero-order chi connectivity index (χ0) is 21.3. The summed E-state index contributed by atoms with van der Waals surface area (Å²) in [6.45, 7) is -0.221. The smallest absolute Gasteiger partial charge is 0.255 e. The summed E-state index contributed by atoms with van der Waals surface area (Å²) in [6, 6.07) is 21.7. The van der Waals surface area contributed by atoms with Gasteiger partial charge in [-0.2, -0.15) is 0 Å². The van der Waals surface area contributed by atoms with Crippen LogP contribution in [-0.4, -0.2) is 32.5 Å². The summed E-state index contributed by atoms with van der Waals surface area (Å²) in [6.07, 6.45) is 0. The lowest BCUT2D eigenvalue weighted by Gasteiger charge is -2.40. The standard InChI is InChI=1S/C24H22FN3O2/c1-26(2)18-14-12-17(13-15-18)23-24(30)27(21-11-7-6-10-20(21)25)16-22(29)28(23)19-8-4-3-5-9-19/h3-15,23H,16H2,1-2H3/t23-/m0/s1. The van der Waals surface area contributed by atoms with Gasteiger partial charge >= 0.3 is 0 Å². The van der Waals surface area contributed by atoms with Crippen LogP contribution in [0.4, 0.5) is 21.5 Å². The van der Waals surface area contributed by atoms with Crippen molar-refractivity contribution in [2.45, 2.75) is 6.04 Å². The molecule has 0 unspecified atom stereocenters. The second-order valence-corrected chi connectivity index (χ2v) is 7.36. The third kappa shape index (κ3) is 3.52. The average molecular weight is 403 g/mol. The van der Waals surface area contributed by atoms with Gasteiger partial charge in [-0.1, -0.05) is 42.5 Å². The van der Waals surface area contributed by atoms with Crippen molar-refractivity contribution >= 4 is 28.9 Å². The Morgan fingerprint density at radius 1 is 0.867 bits per heavy atom. The van der Waals surface area contributed by atoms with Crippen molar-refractivity contribution in [3.05, 3.63) is 90.2 Å². The molecular weight excluding hydrogens is 381 g/mol. The van der Waals surface area contributed by atoms with Crippen LogP contribution in [-0.2, 0) is 9.59 Å². The van der Waals surface area contributed by atoms with Crippen LogP contribution in [0.1, 0.15) is 11.6 Å². The maximum Gasteiger partial charge on any atom is 0.255 e. The SMILES string of the molecule is CN(C)c1ccc([C@H]2C(=O)N(c3ccccc3F)CC(=O)N2c2ccccc2)cc1. The van der Waals surface area contributed by atoms with Crippen molar-refractivity contribution in [3.8, 4) is 0 Å². The molecule has 1 aliphatic rings. The Morgan fingerprint density at radius 2 is 1.50 bits per heavy atom. The van der Waals surface area contributed by atoms with Gasteiger partial charge in [0.05, 0.1) is 5.69 Å². The fraction of sp³-hybridized carbons (Fsp3) is 0.167. The van der Waals surface area contributed by atoms with E-state index < -0.39 is 11.9 Å². The molecular formula is C24H22FN3O2. The molecule has 1 aliphatic heterocycles. The molecule has 1 saturated heterocycles. The van der Waals surface area contributed by atoms with E-state index in [4.69, 9.17) is 0 Å². The van der Waals surface area contributed by atoms with Crippen LogP contribution in [0.15, 0.2) is 78.9 Å². The van der Waals surface area contributed by atoms with Gasteiger partial charge in [-0.15, -0.1) is 0 Å². The number of para-hydroxylation sites is 2.